The van der Waals surface area contributed by atoms with E-state index in [-0.39, 0.29) is 0 Å². The molecule has 1 unspecified atom stereocenters. The van der Waals surface area contributed by atoms with Crippen molar-refractivity contribution in [1.82, 2.24) is 14.9 Å². The van der Waals surface area contributed by atoms with Crippen LogP contribution >= 0.6 is 11.6 Å². The Morgan fingerprint density at radius 2 is 2.13 bits per heavy atom. The molecule has 0 radical (unpaired) electrons. The second-order valence-corrected chi connectivity index (χ2v) is 4.43. The van der Waals surface area contributed by atoms with Crippen molar-refractivity contribution in [3.63, 3.8) is 0 Å². The van der Waals surface area contributed by atoms with E-state index in [2.05, 4.69) is 35.8 Å². The zero-order valence-electron chi connectivity index (χ0n) is 9.57. The SMILES string of the molecule is CCC(C)CN(C)Cc1cnc(Cl)cn1. The predicted octanol–water partition coefficient (Wildman–Crippen LogP) is 2.61. The second-order valence-electron chi connectivity index (χ2n) is 4.04. The van der Waals surface area contributed by atoms with Gasteiger partial charge in [-0.2, -0.15) is 0 Å². The van der Waals surface area contributed by atoms with Gasteiger partial charge in [0.1, 0.15) is 5.15 Å². The molecule has 0 aliphatic rings. The Bertz CT molecular complexity index is 286. The van der Waals surface area contributed by atoms with Crippen LogP contribution in [0.2, 0.25) is 5.15 Å². The number of rotatable bonds is 5. The van der Waals surface area contributed by atoms with Crippen LogP contribution in [-0.2, 0) is 6.54 Å². The van der Waals surface area contributed by atoms with E-state index in [1.165, 1.54) is 6.42 Å². The molecule has 0 aromatic carbocycles. The maximum absolute atomic E-state index is 5.67. The van der Waals surface area contributed by atoms with Crippen LogP contribution in [0.5, 0.6) is 0 Å². The molecule has 4 heteroatoms. The van der Waals surface area contributed by atoms with Gasteiger partial charge in [0, 0.05) is 13.1 Å². The van der Waals surface area contributed by atoms with Crippen molar-refractivity contribution in [1.29, 1.82) is 0 Å². The molecular formula is C11H18ClN3. The van der Waals surface area contributed by atoms with Crippen molar-refractivity contribution in [2.45, 2.75) is 26.8 Å². The average Bonchev–Trinajstić information content (AvgIpc) is 2.21. The first-order chi connectivity index (χ1) is 7.11. The van der Waals surface area contributed by atoms with Gasteiger partial charge in [-0.3, -0.25) is 4.98 Å². The lowest BCUT2D eigenvalue weighted by Crippen LogP contribution is -2.24. The molecule has 1 aromatic heterocycles. The van der Waals surface area contributed by atoms with Crippen LogP contribution in [0.1, 0.15) is 26.0 Å². The zero-order chi connectivity index (χ0) is 11.3. The first-order valence-electron chi connectivity index (χ1n) is 5.26. The molecular weight excluding hydrogens is 210 g/mol. The summed E-state index contributed by atoms with van der Waals surface area (Å²) < 4.78 is 0. The Morgan fingerprint density at radius 1 is 1.40 bits per heavy atom. The van der Waals surface area contributed by atoms with Crippen molar-refractivity contribution in [2.75, 3.05) is 13.6 Å². The molecule has 0 bridgehead atoms. The summed E-state index contributed by atoms with van der Waals surface area (Å²) in [6.07, 6.45) is 4.53. The number of nitrogens with zero attached hydrogens (tertiary/aromatic N) is 3. The molecule has 1 aromatic rings. The lowest BCUT2D eigenvalue weighted by Gasteiger charge is -2.19. The van der Waals surface area contributed by atoms with Crippen LogP contribution < -0.4 is 0 Å². The van der Waals surface area contributed by atoms with E-state index in [0.29, 0.717) is 5.15 Å². The Morgan fingerprint density at radius 3 is 2.67 bits per heavy atom. The van der Waals surface area contributed by atoms with Crippen molar-refractivity contribution in [3.8, 4) is 0 Å². The smallest absolute Gasteiger partial charge is 0.147 e. The third kappa shape index (κ3) is 4.58. The van der Waals surface area contributed by atoms with Crippen LogP contribution in [0.3, 0.4) is 0 Å². The summed E-state index contributed by atoms with van der Waals surface area (Å²) in [4.78, 5) is 10.5. The monoisotopic (exact) mass is 227 g/mol. The third-order valence-corrected chi connectivity index (χ3v) is 2.62. The minimum atomic E-state index is 0.448. The Labute approximate surface area is 96.5 Å². The van der Waals surface area contributed by atoms with Gasteiger partial charge in [-0.15, -0.1) is 0 Å². The number of hydrogen-bond acceptors (Lipinski definition) is 3. The number of aromatic nitrogens is 2. The molecule has 0 saturated heterocycles. The minimum Gasteiger partial charge on any atom is -0.300 e. The van der Waals surface area contributed by atoms with E-state index in [1.54, 1.807) is 12.4 Å². The predicted molar refractivity (Wildman–Crippen MR) is 62.8 cm³/mol. The molecule has 0 aliphatic carbocycles. The van der Waals surface area contributed by atoms with Crippen molar-refractivity contribution >= 4 is 11.6 Å². The normalized spacial score (nSPS) is 13.1. The van der Waals surface area contributed by atoms with Gasteiger partial charge in [0.15, 0.2) is 0 Å². The van der Waals surface area contributed by atoms with Crippen LogP contribution in [0.25, 0.3) is 0 Å². The zero-order valence-corrected chi connectivity index (χ0v) is 10.3. The Kier molecular flexibility index (Phi) is 4.99. The van der Waals surface area contributed by atoms with Gasteiger partial charge in [0.25, 0.3) is 0 Å². The van der Waals surface area contributed by atoms with Gasteiger partial charge >= 0.3 is 0 Å². The molecule has 3 nitrogen and oxygen atoms in total. The minimum absolute atomic E-state index is 0.448. The van der Waals surface area contributed by atoms with Gasteiger partial charge in [0.05, 0.1) is 18.1 Å². The van der Waals surface area contributed by atoms with E-state index >= 15 is 0 Å². The summed E-state index contributed by atoms with van der Waals surface area (Å²) in [7, 11) is 2.10. The summed E-state index contributed by atoms with van der Waals surface area (Å²) in [5.41, 5.74) is 0.963. The van der Waals surface area contributed by atoms with Gasteiger partial charge in [-0.05, 0) is 13.0 Å². The topological polar surface area (TPSA) is 29.0 Å². The summed E-state index contributed by atoms with van der Waals surface area (Å²) in [6.45, 7) is 6.37. The maximum Gasteiger partial charge on any atom is 0.147 e. The molecule has 1 heterocycles. The molecule has 1 rings (SSSR count). The highest BCUT2D eigenvalue weighted by atomic mass is 35.5. The van der Waals surface area contributed by atoms with Crippen LogP contribution in [0.4, 0.5) is 0 Å². The fourth-order valence-electron chi connectivity index (χ4n) is 1.42. The fourth-order valence-corrected chi connectivity index (χ4v) is 1.52. The largest absolute Gasteiger partial charge is 0.300 e. The Hall–Kier alpha value is -0.670. The van der Waals surface area contributed by atoms with Crippen LogP contribution in [-0.4, -0.2) is 28.5 Å². The standard InChI is InChI=1S/C11H18ClN3/c1-4-9(2)7-15(3)8-10-5-14-11(12)6-13-10/h5-6,9H,4,7-8H2,1-3H3. The Balaban J connectivity index is 2.44. The third-order valence-electron chi connectivity index (χ3n) is 2.43. The highest BCUT2D eigenvalue weighted by Crippen LogP contribution is 2.07. The molecule has 84 valence electrons. The van der Waals surface area contributed by atoms with E-state index in [9.17, 15) is 0 Å². The summed E-state index contributed by atoms with van der Waals surface area (Å²) in [5, 5.41) is 0.448. The fraction of sp³-hybridized carbons (Fsp3) is 0.636. The van der Waals surface area contributed by atoms with Crippen LogP contribution in [0, 0.1) is 5.92 Å². The molecule has 0 aliphatic heterocycles. The molecule has 1 atom stereocenters. The highest BCUT2D eigenvalue weighted by Gasteiger charge is 2.06. The molecule has 0 amide bonds. The first kappa shape index (κ1) is 12.4. The van der Waals surface area contributed by atoms with E-state index in [0.717, 1.165) is 24.7 Å². The maximum atomic E-state index is 5.67. The van der Waals surface area contributed by atoms with E-state index in [4.69, 9.17) is 11.6 Å². The molecule has 0 spiro atoms. The van der Waals surface area contributed by atoms with Gasteiger partial charge in [-0.25, -0.2) is 4.98 Å². The number of halogens is 1. The van der Waals surface area contributed by atoms with E-state index in [1.807, 2.05) is 0 Å². The lowest BCUT2D eigenvalue weighted by atomic mass is 10.1. The first-order valence-corrected chi connectivity index (χ1v) is 5.64. The lowest BCUT2D eigenvalue weighted by molar-refractivity contribution is 0.272. The summed E-state index contributed by atoms with van der Waals surface area (Å²) in [5.74, 6) is 0.718. The van der Waals surface area contributed by atoms with Crippen molar-refractivity contribution in [2.24, 2.45) is 5.92 Å². The molecule has 0 N–H and O–H groups in total. The van der Waals surface area contributed by atoms with Crippen molar-refractivity contribution < 1.29 is 0 Å². The van der Waals surface area contributed by atoms with Gasteiger partial charge in [0.2, 0.25) is 0 Å². The van der Waals surface area contributed by atoms with Crippen LogP contribution in [0.15, 0.2) is 12.4 Å². The van der Waals surface area contributed by atoms with E-state index < -0.39 is 0 Å². The molecule has 0 saturated carbocycles. The highest BCUT2D eigenvalue weighted by molar-refractivity contribution is 6.29. The summed E-state index contributed by atoms with van der Waals surface area (Å²) >= 11 is 5.67. The summed E-state index contributed by atoms with van der Waals surface area (Å²) in [6, 6.07) is 0. The number of hydrogen-bond donors (Lipinski definition) is 0. The quantitative estimate of drug-likeness (QED) is 0.775. The van der Waals surface area contributed by atoms with Crippen molar-refractivity contribution in [3.05, 3.63) is 23.2 Å². The molecule has 15 heavy (non-hydrogen) atoms. The van der Waals surface area contributed by atoms with Gasteiger partial charge in [-0.1, -0.05) is 31.9 Å². The average molecular weight is 228 g/mol. The molecule has 0 fully saturated rings. The van der Waals surface area contributed by atoms with Gasteiger partial charge < -0.3 is 4.90 Å². The second kappa shape index (κ2) is 6.03.